The number of non-ortho nitro benzene ring substituents is 1. The normalized spacial score (nSPS) is 16.2. The van der Waals surface area contributed by atoms with Gasteiger partial charge >= 0.3 is 0 Å². The highest BCUT2D eigenvalue weighted by molar-refractivity contribution is 5.85. The molecule has 1 atom stereocenters. The molecule has 0 spiro atoms. The molecule has 22 heavy (non-hydrogen) atoms. The monoisotopic (exact) mass is 318 g/mol. The second-order valence-electron chi connectivity index (χ2n) is 5.67. The molecule has 0 aliphatic heterocycles. The van der Waals surface area contributed by atoms with Crippen molar-refractivity contribution in [1.29, 1.82) is 0 Å². The number of hydrogen-bond donors (Lipinski definition) is 0. The lowest BCUT2D eigenvalue weighted by molar-refractivity contribution is -0.384. The molecule has 0 aromatic heterocycles. The number of fused-ring (bicyclic) bond motifs is 1. The van der Waals surface area contributed by atoms with Gasteiger partial charge in [-0.1, -0.05) is 36.4 Å². The zero-order valence-corrected chi connectivity index (χ0v) is 13.3. The molecule has 116 valence electrons. The van der Waals surface area contributed by atoms with Crippen molar-refractivity contribution in [3.05, 3.63) is 75.3 Å². The minimum Gasteiger partial charge on any atom is -0.299 e. The molecule has 1 unspecified atom stereocenters. The van der Waals surface area contributed by atoms with Crippen LogP contribution in [0.5, 0.6) is 0 Å². The van der Waals surface area contributed by atoms with Gasteiger partial charge in [-0.05, 0) is 36.6 Å². The Morgan fingerprint density at radius 3 is 2.50 bits per heavy atom. The van der Waals surface area contributed by atoms with Gasteiger partial charge in [-0.2, -0.15) is 0 Å². The average Bonchev–Trinajstić information content (AvgIpc) is 2.91. The Balaban J connectivity index is 0.00000176. The van der Waals surface area contributed by atoms with E-state index in [1.807, 2.05) is 12.1 Å². The predicted molar refractivity (Wildman–Crippen MR) is 89.4 cm³/mol. The number of halogens is 1. The van der Waals surface area contributed by atoms with E-state index in [1.165, 1.54) is 11.1 Å². The Labute approximate surface area is 136 Å². The standard InChI is InChI=1S/C17H18N2O2.ClH/c1-18(12-13-5-3-2-4-6-13)17-9-14-7-8-16(19(20)21)10-15(14)11-17;/h2-8,10,17H,9,11-12H2,1H3;1H. The summed E-state index contributed by atoms with van der Waals surface area (Å²) in [5.74, 6) is 0. The summed E-state index contributed by atoms with van der Waals surface area (Å²) in [6.07, 6.45) is 1.86. The molecule has 2 aromatic carbocycles. The predicted octanol–water partition coefficient (Wildman–Crippen LogP) is 3.62. The van der Waals surface area contributed by atoms with E-state index < -0.39 is 0 Å². The van der Waals surface area contributed by atoms with Gasteiger partial charge in [-0.15, -0.1) is 12.4 Å². The molecule has 1 aliphatic carbocycles. The van der Waals surface area contributed by atoms with E-state index in [4.69, 9.17) is 0 Å². The van der Waals surface area contributed by atoms with Crippen LogP contribution in [-0.2, 0) is 19.4 Å². The van der Waals surface area contributed by atoms with Crippen LogP contribution in [0, 0.1) is 10.1 Å². The lowest BCUT2D eigenvalue weighted by atomic mass is 10.1. The Morgan fingerprint density at radius 2 is 1.82 bits per heavy atom. The van der Waals surface area contributed by atoms with E-state index in [9.17, 15) is 10.1 Å². The molecule has 4 nitrogen and oxygen atoms in total. The van der Waals surface area contributed by atoms with E-state index in [-0.39, 0.29) is 23.0 Å². The fraction of sp³-hybridized carbons (Fsp3) is 0.294. The first-order chi connectivity index (χ1) is 10.1. The fourth-order valence-electron chi connectivity index (χ4n) is 3.01. The smallest absolute Gasteiger partial charge is 0.269 e. The maximum Gasteiger partial charge on any atom is 0.269 e. The molecule has 0 bridgehead atoms. The molecular formula is C17H19ClN2O2. The van der Waals surface area contributed by atoms with Gasteiger partial charge in [-0.25, -0.2) is 0 Å². The molecule has 3 rings (SSSR count). The first kappa shape index (κ1) is 16.5. The molecule has 0 saturated heterocycles. The third kappa shape index (κ3) is 3.46. The Morgan fingerprint density at radius 1 is 1.14 bits per heavy atom. The number of nitrogens with zero attached hydrogens (tertiary/aromatic N) is 2. The molecule has 0 amide bonds. The van der Waals surface area contributed by atoms with E-state index in [1.54, 1.807) is 12.1 Å². The fourth-order valence-corrected chi connectivity index (χ4v) is 3.01. The van der Waals surface area contributed by atoms with Crippen LogP contribution in [0.2, 0.25) is 0 Å². The molecule has 0 radical (unpaired) electrons. The van der Waals surface area contributed by atoms with Crippen molar-refractivity contribution in [3.8, 4) is 0 Å². The quantitative estimate of drug-likeness (QED) is 0.639. The second-order valence-corrected chi connectivity index (χ2v) is 5.67. The first-order valence-corrected chi connectivity index (χ1v) is 7.14. The minimum atomic E-state index is -0.318. The maximum atomic E-state index is 10.9. The number of nitro benzene ring substituents is 1. The molecule has 0 saturated carbocycles. The van der Waals surface area contributed by atoms with Crippen molar-refractivity contribution in [1.82, 2.24) is 4.90 Å². The topological polar surface area (TPSA) is 46.4 Å². The van der Waals surface area contributed by atoms with Gasteiger partial charge in [-0.3, -0.25) is 15.0 Å². The lowest BCUT2D eigenvalue weighted by Gasteiger charge is -2.24. The molecule has 0 N–H and O–H groups in total. The summed E-state index contributed by atoms with van der Waals surface area (Å²) in [7, 11) is 2.12. The van der Waals surface area contributed by atoms with Crippen molar-refractivity contribution in [2.75, 3.05) is 7.05 Å². The number of likely N-dealkylation sites (N-methyl/N-ethyl adjacent to an activating group) is 1. The van der Waals surface area contributed by atoms with Crippen LogP contribution in [0.15, 0.2) is 48.5 Å². The average molecular weight is 319 g/mol. The molecule has 5 heteroatoms. The summed E-state index contributed by atoms with van der Waals surface area (Å²) >= 11 is 0. The zero-order valence-electron chi connectivity index (χ0n) is 12.4. The van der Waals surface area contributed by atoms with Gasteiger partial charge in [0.25, 0.3) is 5.69 Å². The summed E-state index contributed by atoms with van der Waals surface area (Å²) in [6.45, 7) is 0.904. The van der Waals surface area contributed by atoms with Crippen LogP contribution in [-0.4, -0.2) is 22.9 Å². The van der Waals surface area contributed by atoms with E-state index in [0.717, 1.165) is 24.9 Å². The molecule has 0 fully saturated rings. The van der Waals surface area contributed by atoms with Crippen molar-refractivity contribution in [2.24, 2.45) is 0 Å². The third-order valence-electron chi connectivity index (χ3n) is 4.21. The number of hydrogen-bond acceptors (Lipinski definition) is 3. The van der Waals surface area contributed by atoms with Crippen molar-refractivity contribution < 1.29 is 4.92 Å². The Bertz CT molecular complexity index is 661. The number of rotatable bonds is 4. The Hall–Kier alpha value is -1.91. The van der Waals surface area contributed by atoms with Crippen LogP contribution in [0.4, 0.5) is 5.69 Å². The molecule has 2 aromatic rings. The Kier molecular flexibility index (Phi) is 5.16. The zero-order chi connectivity index (χ0) is 14.8. The van der Waals surface area contributed by atoms with E-state index >= 15 is 0 Å². The second kappa shape index (κ2) is 6.90. The summed E-state index contributed by atoms with van der Waals surface area (Å²) in [5.41, 5.74) is 3.85. The summed E-state index contributed by atoms with van der Waals surface area (Å²) < 4.78 is 0. The van der Waals surface area contributed by atoms with Gasteiger partial charge in [0.1, 0.15) is 0 Å². The lowest BCUT2D eigenvalue weighted by Crippen LogP contribution is -2.31. The first-order valence-electron chi connectivity index (χ1n) is 7.14. The number of benzene rings is 2. The van der Waals surface area contributed by atoms with Crippen molar-refractivity contribution >= 4 is 18.1 Å². The molecular weight excluding hydrogens is 300 g/mol. The van der Waals surface area contributed by atoms with Gasteiger partial charge in [0.05, 0.1) is 4.92 Å². The minimum absolute atomic E-state index is 0. The van der Waals surface area contributed by atoms with Crippen LogP contribution in [0.1, 0.15) is 16.7 Å². The van der Waals surface area contributed by atoms with Crippen LogP contribution < -0.4 is 0 Å². The van der Waals surface area contributed by atoms with Gasteiger partial charge in [0.15, 0.2) is 0 Å². The highest BCUT2D eigenvalue weighted by atomic mass is 35.5. The molecule has 1 aliphatic rings. The maximum absolute atomic E-state index is 10.9. The number of nitro groups is 1. The summed E-state index contributed by atoms with van der Waals surface area (Å²) in [4.78, 5) is 12.9. The van der Waals surface area contributed by atoms with Crippen LogP contribution in [0.25, 0.3) is 0 Å². The van der Waals surface area contributed by atoms with E-state index in [2.05, 4.69) is 36.2 Å². The highest BCUT2D eigenvalue weighted by Crippen LogP contribution is 2.29. The van der Waals surface area contributed by atoms with Gasteiger partial charge in [0.2, 0.25) is 0 Å². The van der Waals surface area contributed by atoms with Gasteiger partial charge in [0, 0.05) is 24.7 Å². The summed E-state index contributed by atoms with van der Waals surface area (Å²) in [5, 5.41) is 10.9. The SMILES string of the molecule is CN(Cc1ccccc1)C1Cc2ccc([N+](=O)[O-])cc2C1.Cl. The van der Waals surface area contributed by atoms with Crippen LogP contribution >= 0.6 is 12.4 Å². The van der Waals surface area contributed by atoms with Gasteiger partial charge < -0.3 is 0 Å². The van der Waals surface area contributed by atoms with Crippen molar-refractivity contribution in [2.45, 2.75) is 25.4 Å². The third-order valence-corrected chi connectivity index (χ3v) is 4.21. The highest BCUT2D eigenvalue weighted by Gasteiger charge is 2.26. The van der Waals surface area contributed by atoms with Crippen LogP contribution in [0.3, 0.4) is 0 Å². The summed E-state index contributed by atoms with van der Waals surface area (Å²) in [6, 6.07) is 16.0. The van der Waals surface area contributed by atoms with Crippen molar-refractivity contribution in [3.63, 3.8) is 0 Å². The van der Waals surface area contributed by atoms with E-state index in [0.29, 0.717) is 6.04 Å². The molecule has 0 heterocycles. The largest absolute Gasteiger partial charge is 0.299 e.